The lowest BCUT2D eigenvalue weighted by molar-refractivity contribution is -0.143. The van der Waals surface area contributed by atoms with Gasteiger partial charge in [-0.2, -0.15) is 0 Å². The van der Waals surface area contributed by atoms with Crippen molar-refractivity contribution < 1.29 is 23.9 Å². The molecule has 1 N–H and O–H groups in total. The zero-order chi connectivity index (χ0) is 15.1. The standard InChI is InChI=1S/C12H22N2O5/c1-6-18-10(16)7-13-9(15)8-14(5)11(17)19-12(2,3)4/h6-8H2,1-5H3,(H,13,15). The van der Waals surface area contributed by atoms with E-state index in [9.17, 15) is 14.4 Å². The van der Waals surface area contributed by atoms with Crippen molar-refractivity contribution >= 4 is 18.0 Å². The molecule has 0 rings (SSSR count). The minimum atomic E-state index is -0.618. The topological polar surface area (TPSA) is 84.9 Å². The summed E-state index contributed by atoms with van der Waals surface area (Å²) in [5.74, 6) is -0.975. The number of hydrogen-bond acceptors (Lipinski definition) is 5. The summed E-state index contributed by atoms with van der Waals surface area (Å²) in [5.41, 5.74) is -0.618. The van der Waals surface area contributed by atoms with Gasteiger partial charge in [0.05, 0.1) is 6.61 Å². The van der Waals surface area contributed by atoms with Crippen molar-refractivity contribution in [1.82, 2.24) is 10.2 Å². The van der Waals surface area contributed by atoms with Crippen LogP contribution in [0.4, 0.5) is 4.79 Å². The number of likely N-dealkylation sites (N-methyl/N-ethyl adjacent to an activating group) is 1. The fourth-order valence-electron chi connectivity index (χ4n) is 1.06. The van der Waals surface area contributed by atoms with Gasteiger partial charge in [0, 0.05) is 7.05 Å². The number of ether oxygens (including phenoxy) is 2. The minimum absolute atomic E-state index is 0.186. The van der Waals surface area contributed by atoms with Crippen LogP contribution in [-0.4, -0.2) is 55.2 Å². The van der Waals surface area contributed by atoms with E-state index >= 15 is 0 Å². The predicted molar refractivity (Wildman–Crippen MR) is 68.5 cm³/mol. The molecule has 110 valence electrons. The molecule has 0 aromatic carbocycles. The molecule has 0 aliphatic carbocycles. The first-order valence-electron chi connectivity index (χ1n) is 6.02. The molecule has 19 heavy (non-hydrogen) atoms. The molecule has 0 aliphatic rings. The molecule has 2 amide bonds. The maximum absolute atomic E-state index is 11.6. The van der Waals surface area contributed by atoms with Gasteiger partial charge in [0.1, 0.15) is 18.7 Å². The Hall–Kier alpha value is -1.79. The fraction of sp³-hybridized carbons (Fsp3) is 0.750. The summed E-state index contributed by atoms with van der Waals surface area (Å²) in [4.78, 5) is 35.2. The lowest BCUT2D eigenvalue weighted by atomic mass is 10.2. The summed E-state index contributed by atoms with van der Waals surface area (Å²) in [7, 11) is 1.44. The first-order chi connectivity index (χ1) is 8.65. The molecule has 0 bridgehead atoms. The molecule has 0 aromatic heterocycles. The smallest absolute Gasteiger partial charge is 0.410 e. The zero-order valence-corrected chi connectivity index (χ0v) is 12.1. The highest BCUT2D eigenvalue weighted by molar-refractivity contribution is 5.85. The molecule has 7 nitrogen and oxygen atoms in total. The molecule has 0 saturated carbocycles. The van der Waals surface area contributed by atoms with E-state index in [0.29, 0.717) is 0 Å². The number of carbonyl (C=O) groups excluding carboxylic acids is 3. The Balaban J connectivity index is 4.05. The van der Waals surface area contributed by atoms with Crippen molar-refractivity contribution in [3.05, 3.63) is 0 Å². The Bertz CT molecular complexity index is 336. The highest BCUT2D eigenvalue weighted by Crippen LogP contribution is 2.08. The van der Waals surface area contributed by atoms with Crippen molar-refractivity contribution in [3.63, 3.8) is 0 Å². The number of carbonyl (C=O) groups is 3. The summed E-state index contributed by atoms with van der Waals surface area (Å²) in [6.45, 7) is 6.74. The van der Waals surface area contributed by atoms with Crippen LogP contribution in [0.3, 0.4) is 0 Å². The summed E-state index contributed by atoms with van der Waals surface area (Å²) < 4.78 is 9.73. The van der Waals surface area contributed by atoms with E-state index in [4.69, 9.17) is 4.74 Å². The van der Waals surface area contributed by atoms with E-state index in [0.717, 1.165) is 4.90 Å². The Morgan fingerprint density at radius 2 is 1.79 bits per heavy atom. The second-order valence-electron chi connectivity index (χ2n) is 4.92. The van der Waals surface area contributed by atoms with Crippen LogP contribution in [0.1, 0.15) is 27.7 Å². The van der Waals surface area contributed by atoms with Crippen LogP contribution in [0.5, 0.6) is 0 Å². The first kappa shape index (κ1) is 17.2. The maximum atomic E-state index is 11.6. The van der Waals surface area contributed by atoms with Crippen LogP contribution in [0.15, 0.2) is 0 Å². The molecule has 0 unspecified atom stereocenters. The van der Waals surface area contributed by atoms with Gasteiger partial charge in [-0.3, -0.25) is 9.59 Å². The van der Waals surface area contributed by atoms with Gasteiger partial charge in [-0.1, -0.05) is 0 Å². The third-order valence-electron chi connectivity index (χ3n) is 1.82. The molecule has 0 heterocycles. The number of hydrogen-bond donors (Lipinski definition) is 1. The molecule has 0 spiro atoms. The van der Waals surface area contributed by atoms with E-state index in [1.165, 1.54) is 7.05 Å². The molecular weight excluding hydrogens is 252 g/mol. The van der Waals surface area contributed by atoms with Crippen LogP contribution < -0.4 is 5.32 Å². The van der Waals surface area contributed by atoms with Gasteiger partial charge in [0.15, 0.2) is 0 Å². The molecular formula is C12H22N2O5. The van der Waals surface area contributed by atoms with Crippen LogP contribution in [0.25, 0.3) is 0 Å². The Morgan fingerprint density at radius 3 is 2.26 bits per heavy atom. The number of rotatable bonds is 5. The van der Waals surface area contributed by atoms with Crippen molar-refractivity contribution in [3.8, 4) is 0 Å². The average molecular weight is 274 g/mol. The van der Waals surface area contributed by atoms with E-state index in [-0.39, 0.29) is 19.7 Å². The van der Waals surface area contributed by atoms with Gasteiger partial charge < -0.3 is 19.7 Å². The molecule has 0 aromatic rings. The maximum Gasteiger partial charge on any atom is 0.410 e. The number of nitrogens with one attached hydrogen (secondary N) is 1. The van der Waals surface area contributed by atoms with Crippen molar-refractivity contribution in [2.24, 2.45) is 0 Å². The monoisotopic (exact) mass is 274 g/mol. The van der Waals surface area contributed by atoms with Crippen LogP contribution in [0, 0.1) is 0 Å². The summed E-state index contributed by atoms with van der Waals surface area (Å²) in [5, 5.41) is 2.35. The fourth-order valence-corrected chi connectivity index (χ4v) is 1.06. The highest BCUT2D eigenvalue weighted by atomic mass is 16.6. The molecule has 0 fully saturated rings. The van der Waals surface area contributed by atoms with Gasteiger partial charge >= 0.3 is 12.1 Å². The SMILES string of the molecule is CCOC(=O)CNC(=O)CN(C)C(=O)OC(C)(C)C. The van der Waals surface area contributed by atoms with Crippen molar-refractivity contribution in [1.29, 1.82) is 0 Å². The van der Waals surface area contributed by atoms with Crippen LogP contribution in [-0.2, 0) is 19.1 Å². The zero-order valence-electron chi connectivity index (χ0n) is 12.1. The largest absolute Gasteiger partial charge is 0.465 e. The lowest BCUT2D eigenvalue weighted by Gasteiger charge is -2.24. The third-order valence-corrected chi connectivity index (χ3v) is 1.82. The van der Waals surface area contributed by atoms with Gasteiger partial charge in [0.25, 0.3) is 0 Å². The molecule has 0 saturated heterocycles. The van der Waals surface area contributed by atoms with Crippen molar-refractivity contribution in [2.75, 3.05) is 26.7 Å². The number of nitrogens with zero attached hydrogens (tertiary/aromatic N) is 1. The van der Waals surface area contributed by atoms with E-state index in [1.807, 2.05) is 0 Å². The second kappa shape index (κ2) is 7.60. The average Bonchev–Trinajstić information content (AvgIpc) is 2.24. The quantitative estimate of drug-likeness (QED) is 0.739. The summed E-state index contributed by atoms with van der Waals surface area (Å²) in [6.07, 6.45) is -0.598. The number of amides is 2. The summed E-state index contributed by atoms with van der Waals surface area (Å²) >= 11 is 0. The number of esters is 1. The Morgan fingerprint density at radius 1 is 1.21 bits per heavy atom. The molecule has 0 atom stereocenters. The molecule has 7 heteroatoms. The molecule has 0 radical (unpaired) electrons. The second-order valence-corrected chi connectivity index (χ2v) is 4.92. The lowest BCUT2D eigenvalue weighted by Crippen LogP contribution is -2.42. The Kier molecular flexibility index (Phi) is 6.89. The van der Waals surface area contributed by atoms with Gasteiger partial charge in [0.2, 0.25) is 5.91 Å². The van der Waals surface area contributed by atoms with Crippen LogP contribution in [0.2, 0.25) is 0 Å². The van der Waals surface area contributed by atoms with Gasteiger partial charge in [-0.25, -0.2) is 4.79 Å². The predicted octanol–water partition coefficient (Wildman–Crippen LogP) is 0.533. The van der Waals surface area contributed by atoms with E-state index in [1.54, 1.807) is 27.7 Å². The normalized spacial score (nSPS) is 10.6. The van der Waals surface area contributed by atoms with E-state index < -0.39 is 23.6 Å². The van der Waals surface area contributed by atoms with E-state index in [2.05, 4.69) is 10.1 Å². The highest BCUT2D eigenvalue weighted by Gasteiger charge is 2.21. The van der Waals surface area contributed by atoms with Gasteiger partial charge in [-0.15, -0.1) is 0 Å². The van der Waals surface area contributed by atoms with Gasteiger partial charge in [-0.05, 0) is 27.7 Å². The summed E-state index contributed by atoms with van der Waals surface area (Å²) in [6, 6.07) is 0. The first-order valence-corrected chi connectivity index (χ1v) is 6.02. The third kappa shape index (κ3) is 8.87. The Labute approximate surface area is 113 Å². The molecule has 0 aliphatic heterocycles. The van der Waals surface area contributed by atoms with Crippen molar-refractivity contribution in [2.45, 2.75) is 33.3 Å². The van der Waals surface area contributed by atoms with Crippen LogP contribution >= 0.6 is 0 Å². The minimum Gasteiger partial charge on any atom is -0.465 e.